The van der Waals surface area contributed by atoms with E-state index in [4.69, 9.17) is 11.6 Å². The zero-order chi connectivity index (χ0) is 20.1. The molecule has 3 aromatic rings. The first-order chi connectivity index (χ1) is 13.5. The van der Waals surface area contributed by atoms with E-state index >= 15 is 0 Å². The fourth-order valence-corrected chi connectivity index (χ4v) is 4.09. The molecular formula is C20H18BrClN4OS. The van der Waals surface area contributed by atoms with Crippen molar-refractivity contribution in [2.24, 2.45) is 0 Å². The topological polar surface area (TPSA) is 59.8 Å². The Bertz CT molecular complexity index is 1020. The third-order valence-corrected chi connectivity index (χ3v) is 5.72. The highest BCUT2D eigenvalue weighted by Gasteiger charge is 2.16. The average molecular weight is 478 g/mol. The number of rotatable bonds is 7. The lowest BCUT2D eigenvalue weighted by molar-refractivity contribution is -0.113. The van der Waals surface area contributed by atoms with Crippen molar-refractivity contribution in [2.75, 3.05) is 11.1 Å². The van der Waals surface area contributed by atoms with Gasteiger partial charge in [-0.3, -0.25) is 9.36 Å². The zero-order valence-electron chi connectivity index (χ0n) is 15.2. The predicted molar refractivity (Wildman–Crippen MR) is 119 cm³/mol. The number of hydrogen-bond donors (Lipinski definition) is 1. The second kappa shape index (κ2) is 9.41. The van der Waals surface area contributed by atoms with Gasteiger partial charge < -0.3 is 5.32 Å². The molecule has 1 amide bonds. The Kier molecular flexibility index (Phi) is 6.93. The van der Waals surface area contributed by atoms with Crippen molar-refractivity contribution in [1.29, 1.82) is 0 Å². The molecule has 0 atom stereocenters. The van der Waals surface area contributed by atoms with E-state index in [1.165, 1.54) is 11.8 Å². The quantitative estimate of drug-likeness (QED) is 0.356. The lowest BCUT2D eigenvalue weighted by Gasteiger charge is -2.10. The molecule has 1 heterocycles. The third kappa shape index (κ3) is 4.84. The maximum atomic E-state index is 12.3. The minimum Gasteiger partial charge on any atom is -0.324 e. The van der Waals surface area contributed by atoms with Crippen molar-refractivity contribution in [3.8, 4) is 11.4 Å². The number of hydrogen-bond acceptors (Lipinski definition) is 4. The summed E-state index contributed by atoms with van der Waals surface area (Å²) in [6.45, 7) is 6.41. The zero-order valence-corrected chi connectivity index (χ0v) is 18.3. The number of benzene rings is 2. The Balaban J connectivity index is 1.74. The Morgan fingerprint density at radius 2 is 2.11 bits per heavy atom. The highest BCUT2D eigenvalue weighted by molar-refractivity contribution is 9.10. The van der Waals surface area contributed by atoms with Gasteiger partial charge in [0.05, 0.1) is 16.5 Å². The number of carbonyl (C=O) groups is 1. The maximum absolute atomic E-state index is 12.3. The first-order valence-electron chi connectivity index (χ1n) is 8.47. The molecular weight excluding hydrogens is 460 g/mol. The van der Waals surface area contributed by atoms with Crippen molar-refractivity contribution in [1.82, 2.24) is 14.8 Å². The van der Waals surface area contributed by atoms with Gasteiger partial charge in [-0.2, -0.15) is 0 Å². The van der Waals surface area contributed by atoms with Gasteiger partial charge in [-0.15, -0.1) is 16.8 Å². The molecule has 0 aliphatic heterocycles. The Morgan fingerprint density at radius 1 is 1.32 bits per heavy atom. The van der Waals surface area contributed by atoms with Gasteiger partial charge >= 0.3 is 0 Å². The number of nitrogens with one attached hydrogen (secondary N) is 1. The Hall–Kier alpha value is -2.09. The van der Waals surface area contributed by atoms with Gasteiger partial charge in [0.2, 0.25) is 5.91 Å². The number of amides is 1. The first kappa shape index (κ1) is 20.6. The molecule has 0 saturated carbocycles. The van der Waals surface area contributed by atoms with Crippen LogP contribution in [-0.4, -0.2) is 26.4 Å². The van der Waals surface area contributed by atoms with Crippen LogP contribution in [0.4, 0.5) is 5.69 Å². The number of aryl methyl sites for hydroxylation is 1. The lowest BCUT2D eigenvalue weighted by Crippen LogP contribution is -2.15. The van der Waals surface area contributed by atoms with Gasteiger partial charge in [-0.1, -0.05) is 69.6 Å². The van der Waals surface area contributed by atoms with Crippen LogP contribution in [0.5, 0.6) is 0 Å². The van der Waals surface area contributed by atoms with E-state index < -0.39 is 0 Å². The average Bonchev–Trinajstić information content (AvgIpc) is 3.06. The number of allylic oxidation sites excluding steroid dienone is 1. The van der Waals surface area contributed by atoms with Crippen LogP contribution in [0.1, 0.15) is 5.56 Å². The van der Waals surface area contributed by atoms with E-state index in [-0.39, 0.29) is 11.7 Å². The largest absolute Gasteiger partial charge is 0.324 e. The van der Waals surface area contributed by atoms with Crippen molar-refractivity contribution in [3.05, 3.63) is 70.2 Å². The molecule has 1 aromatic heterocycles. The molecule has 0 bridgehead atoms. The Morgan fingerprint density at radius 3 is 2.82 bits per heavy atom. The molecule has 0 radical (unpaired) electrons. The standard InChI is InChI=1S/C20H18BrClN4OS/c1-3-10-26-19(15-7-5-4-6-13(15)2)24-25-20(26)28-12-18(27)23-17-9-8-14(21)11-16(17)22/h3-9,11H,1,10,12H2,2H3,(H,23,27). The highest BCUT2D eigenvalue weighted by Crippen LogP contribution is 2.28. The van der Waals surface area contributed by atoms with E-state index in [1.807, 2.05) is 41.8 Å². The first-order valence-corrected chi connectivity index (χ1v) is 10.6. The molecule has 2 aromatic carbocycles. The van der Waals surface area contributed by atoms with Crippen LogP contribution in [0.2, 0.25) is 5.02 Å². The van der Waals surface area contributed by atoms with Crippen LogP contribution < -0.4 is 5.32 Å². The predicted octanol–water partition coefficient (Wildman–Crippen LogP) is 5.59. The number of nitrogens with zero attached hydrogens (tertiary/aromatic N) is 3. The molecule has 0 spiro atoms. The third-order valence-electron chi connectivity index (χ3n) is 3.95. The number of anilines is 1. The van der Waals surface area contributed by atoms with Gasteiger partial charge in [0.1, 0.15) is 0 Å². The number of halogens is 2. The van der Waals surface area contributed by atoms with E-state index in [1.54, 1.807) is 18.2 Å². The Labute approximate surface area is 181 Å². The minimum atomic E-state index is -0.167. The van der Waals surface area contributed by atoms with Gasteiger partial charge in [-0.05, 0) is 30.7 Å². The van der Waals surface area contributed by atoms with Crippen molar-refractivity contribution in [3.63, 3.8) is 0 Å². The summed E-state index contributed by atoms with van der Waals surface area (Å²) in [5.41, 5.74) is 2.69. The molecule has 144 valence electrons. The van der Waals surface area contributed by atoms with E-state index in [0.717, 1.165) is 21.4 Å². The summed E-state index contributed by atoms with van der Waals surface area (Å²) >= 11 is 10.8. The minimum absolute atomic E-state index is 0.167. The monoisotopic (exact) mass is 476 g/mol. The molecule has 0 aliphatic rings. The lowest BCUT2D eigenvalue weighted by atomic mass is 10.1. The van der Waals surface area contributed by atoms with Crippen LogP contribution >= 0.6 is 39.3 Å². The van der Waals surface area contributed by atoms with Gasteiger partial charge in [-0.25, -0.2) is 0 Å². The maximum Gasteiger partial charge on any atom is 0.234 e. The van der Waals surface area contributed by atoms with Crippen LogP contribution in [0.15, 0.2) is 64.7 Å². The molecule has 0 unspecified atom stereocenters. The molecule has 3 rings (SSSR count). The molecule has 0 saturated heterocycles. The van der Waals surface area contributed by atoms with E-state index in [2.05, 4.69) is 38.0 Å². The molecule has 0 aliphatic carbocycles. The van der Waals surface area contributed by atoms with E-state index in [9.17, 15) is 4.79 Å². The van der Waals surface area contributed by atoms with Crippen LogP contribution in [0.25, 0.3) is 11.4 Å². The molecule has 8 heteroatoms. The van der Waals surface area contributed by atoms with Crippen LogP contribution in [-0.2, 0) is 11.3 Å². The fraction of sp³-hybridized carbons (Fsp3) is 0.150. The van der Waals surface area contributed by atoms with Crippen molar-refractivity contribution < 1.29 is 4.79 Å². The molecule has 5 nitrogen and oxygen atoms in total. The van der Waals surface area contributed by atoms with Crippen LogP contribution in [0, 0.1) is 6.92 Å². The SMILES string of the molecule is C=CCn1c(SCC(=O)Nc2ccc(Br)cc2Cl)nnc1-c1ccccc1C. The summed E-state index contributed by atoms with van der Waals surface area (Å²) in [5, 5.41) is 12.6. The fourth-order valence-electron chi connectivity index (χ4n) is 2.62. The summed E-state index contributed by atoms with van der Waals surface area (Å²) in [6.07, 6.45) is 1.79. The second-order valence-electron chi connectivity index (χ2n) is 5.98. The number of carbonyl (C=O) groups excluding carboxylic acids is 1. The summed E-state index contributed by atoms with van der Waals surface area (Å²) in [6, 6.07) is 13.3. The number of aromatic nitrogens is 3. The smallest absolute Gasteiger partial charge is 0.234 e. The molecule has 0 fully saturated rings. The second-order valence-corrected chi connectivity index (χ2v) is 8.25. The summed E-state index contributed by atoms with van der Waals surface area (Å²) < 4.78 is 2.81. The van der Waals surface area contributed by atoms with Crippen molar-refractivity contribution >= 4 is 50.9 Å². The van der Waals surface area contributed by atoms with Crippen LogP contribution in [0.3, 0.4) is 0 Å². The summed E-state index contributed by atoms with van der Waals surface area (Å²) in [7, 11) is 0. The summed E-state index contributed by atoms with van der Waals surface area (Å²) in [5.74, 6) is 0.784. The number of thioether (sulfide) groups is 1. The summed E-state index contributed by atoms with van der Waals surface area (Å²) in [4.78, 5) is 12.3. The van der Waals surface area contributed by atoms with E-state index in [0.29, 0.717) is 22.4 Å². The van der Waals surface area contributed by atoms with Gasteiger partial charge in [0.15, 0.2) is 11.0 Å². The van der Waals surface area contributed by atoms with Gasteiger partial charge in [0, 0.05) is 16.6 Å². The molecule has 1 N–H and O–H groups in total. The highest BCUT2D eigenvalue weighted by atomic mass is 79.9. The van der Waals surface area contributed by atoms with Crippen molar-refractivity contribution in [2.45, 2.75) is 18.6 Å². The molecule has 28 heavy (non-hydrogen) atoms. The normalized spacial score (nSPS) is 10.7. The van der Waals surface area contributed by atoms with Gasteiger partial charge in [0.25, 0.3) is 0 Å².